The fraction of sp³-hybridized carbons (Fsp3) is 0.619. The number of likely N-dealkylation sites (tertiary alicyclic amines) is 1. The summed E-state index contributed by atoms with van der Waals surface area (Å²) in [5, 5.41) is 6.04. The highest BCUT2D eigenvalue weighted by Gasteiger charge is 2.41. The van der Waals surface area contributed by atoms with Crippen molar-refractivity contribution in [2.75, 3.05) is 32.1 Å². The molecule has 1 aromatic carbocycles. The molecular weight excluding hydrogens is 342 g/mol. The summed E-state index contributed by atoms with van der Waals surface area (Å²) in [7, 11) is 1.66. The number of amides is 3. The first-order valence-electron chi connectivity index (χ1n) is 9.86. The van der Waals surface area contributed by atoms with Gasteiger partial charge in [0, 0.05) is 38.4 Å². The lowest BCUT2D eigenvalue weighted by Crippen LogP contribution is -2.53. The minimum Gasteiger partial charge on any atom is -0.385 e. The van der Waals surface area contributed by atoms with Crippen molar-refractivity contribution in [3.8, 4) is 0 Å². The molecule has 2 rings (SSSR count). The van der Waals surface area contributed by atoms with E-state index in [1.807, 2.05) is 49.9 Å². The van der Waals surface area contributed by atoms with E-state index in [0.717, 1.165) is 30.5 Å². The summed E-state index contributed by atoms with van der Waals surface area (Å²) >= 11 is 0. The lowest BCUT2D eigenvalue weighted by atomic mass is 9.94. The number of carbonyl (C=O) groups excluding carboxylic acids is 2. The maximum absolute atomic E-state index is 12.7. The standard InChI is InChI=1S/C21H33N3O3/c1-5-17(6-2)19(25)24-12-10-21(15-24,11-13-27-4)23-20(26)22-18-9-7-8-16(3)14-18/h7-9,14,17H,5-6,10-13,15H2,1-4H3,(H2,22,23,26). The number of hydrogen-bond donors (Lipinski definition) is 2. The number of urea groups is 1. The van der Waals surface area contributed by atoms with Gasteiger partial charge in [-0.2, -0.15) is 0 Å². The van der Waals surface area contributed by atoms with Crippen LogP contribution < -0.4 is 10.6 Å². The predicted octanol–water partition coefficient (Wildman–Crippen LogP) is 3.56. The van der Waals surface area contributed by atoms with Gasteiger partial charge >= 0.3 is 6.03 Å². The van der Waals surface area contributed by atoms with Gasteiger partial charge in [0.15, 0.2) is 0 Å². The average molecular weight is 376 g/mol. The Morgan fingerprint density at radius 3 is 2.67 bits per heavy atom. The van der Waals surface area contributed by atoms with Gasteiger partial charge in [0.05, 0.1) is 5.54 Å². The van der Waals surface area contributed by atoms with Crippen LogP contribution in [0.5, 0.6) is 0 Å². The van der Waals surface area contributed by atoms with Gasteiger partial charge in [-0.1, -0.05) is 26.0 Å². The monoisotopic (exact) mass is 375 g/mol. The molecule has 0 radical (unpaired) electrons. The SMILES string of the molecule is CCC(CC)C(=O)N1CCC(CCOC)(NC(=O)Nc2cccc(C)c2)C1. The zero-order valence-electron chi connectivity index (χ0n) is 17.0. The second-order valence-corrected chi connectivity index (χ2v) is 7.49. The molecule has 0 aromatic heterocycles. The first-order chi connectivity index (χ1) is 12.9. The summed E-state index contributed by atoms with van der Waals surface area (Å²) in [6, 6.07) is 7.46. The number of nitrogens with one attached hydrogen (secondary N) is 2. The molecule has 2 N–H and O–H groups in total. The van der Waals surface area contributed by atoms with Crippen LogP contribution in [-0.4, -0.2) is 49.2 Å². The maximum atomic E-state index is 12.7. The fourth-order valence-corrected chi connectivity index (χ4v) is 3.75. The first kappa shape index (κ1) is 21.2. The van der Waals surface area contributed by atoms with Crippen molar-refractivity contribution in [3.63, 3.8) is 0 Å². The van der Waals surface area contributed by atoms with Crippen LogP contribution in [-0.2, 0) is 9.53 Å². The zero-order chi connectivity index (χ0) is 19.9. The van der Waals surface area contributed by atoms with Crippen molar-refractivity contribution in [2.45, 2.75) is 52.0 Å². The maximum Gasteiger partial charge on any atom is 0.319 e. The summed E-state index contributed by atoms with van der Waals surface area (Å²) in [6.07, 6.45) is 3.11. The molecule has 1 heterocycles. The molecule has 1 atom stereocenters. The summed E-state index contributed by atoms with van der Waals surface area (Å²) in [5.41, 5.74) is 1.40. The van der Waals surface area contributed by atoms with E-state index in [1.54, 1.807) is 7.11 Å². The van der Waals surface area contributed by atoms with Crippen LogP contribution in [0, 0.1) is 12.8 Å². The lowest BCUT2D eigenvalue weighted by Gasteiger charge is -2.31. The predicted molar refractivity (Wildman–Crippen MR) is 108 cm³/mol. The number of aryl methyl sites for hydroxylation is 1. The highest BCUT2D eigenvalue weighted by atomic mass is 16.5. The van der Waals surface area contributed by atoms with E-state index in [1.165, 1.54) is 0 Å². The van der Waals surface area contributed by atoms with E-state index in [2.05, 4.69) is 10.6 Å². The van der Waals surface area contributed by atoms with E-state index in [4.69, 9.17) is 4.74 Å². The number of anilines is 1. The molecule has 1 unspecified atom stereocenters. The fourth-order valence-electron chi connectivity index (χ4n) is 3.75. The van der Waals surface area contributed by atoms with Gasteiger partial charge in [-0.3, -0.25) is 4.79 Å². The third-order valence-corrected chi connectivity index (χ3v) is 5.44. The van der Waals surface area contributed by atoms with E-state index < -0.39 is 5.54 Å². The van der Waals surface area contributed by atoms with Gasteiger partial charge in [0.1, 0.15) is 0 Å². The summed E-state index contributed by atoms with van der Waals surface area (Å²) in [4.78, 5) is 27.3. The number of hydrogen-bond acceptors (Lipinski definition) is 3. The molecule has 1 saturated heterocycles. The molecule has 0 saturated carbocycles. The Morgan fingerprint density at radius 1 is 1.30 bits per heavy atom. The molecule has 3 amide bonds. The number of benzene rings is 1. The van der Waals surface area contributed by atoms with E-state index >= 15 is 0 Å². The molecule has 150 valence electrons. The highest BCUT2D eigenvalue weighted by Crippen LogP contribution is 2.28. The molecule has 6 nitrogen and oxygen atoms in total. The Labute approximate surface area is 162 Å². The van der Waals surface area contributed by atoms with E-state index in [0.29, 0.717) is 26.1 Å². The number of rotatable bonds is 8. The van der Waals surface area contributed by atoms with Crippen LogP contribution >= 0.6 is 0 Å². The van der Waals surface area contributed by atoms with Crippen molar-refractivity contribution in [1.82, 2.24) is 10.2 Å². The van der Waals surface area contributed by atoms with Crippen molar-refractivity contribution < 1.29 is 14.3 Å². The first-order valence-corrected chi connectivity index (χ1v) is 9.86. The minimum absolute atomic E-state index is 0.0596. The highest BCUT2D eigenvalue weighted by molar-refractivity contribution is 5.90. The topological polar surface area (TPSA) is 70.7 Å². The molecule has 1 fully saturated rings. The van der Waals surface area contributed by atoms with Crippen molar-refractivity contribution in [1.29, 1.82) is 0 Å². The zero-order valence-corrected chi connectivity index (χ0v) is 17.0. The minimum atomic E-state index is -0.453. The molecule has 6 heteroatoms. The molecule has 0 aliphatic carbocycles. The van der Waals surface area contributed by atoms with Gasteiger partial charge < -0.3 is 20.3 Å². The number of nitrogens with zero attached hydrogens (tertiary/aromatic N) is 1. The third-order valence-electron chi connectivity index (χ3n) is 5.44. The Balaban J connectivity index is 2.05. The molecule has 0 bridgehead atoms. The quantitative estimate of drug-likeness (QED) is 0.730. The van der Waals surface area contributed by atoms with Gasteiger partial charge in [0.25, 0.3) is 0 Å². The summed E-state index contributed by atoms with van der Waals surface area (Å²) < 4.78 is 5.25. The molecular formula is C21H33N3O3. The van der Waals surface area contributed by atoms with Crippen molar-refractivity contribution >= 4 is 17.6 Å². The van der Waals surface area contributed by atoms with E-state index in [9.17, 15) is 9.59 Å². The summed E-state index contributed by atoms with van der Waals surface area (Å²) in [5.74, 6) is 0.254. The normalized spacial score (nSPS) is 19.4. The molecule has 27 heavy (non-hydrogen) atoms. The van der Waals surface area contributed by atoms with Gasteiger partial charge in [0.2, 0.25) is 5.91 Å². The Morgan fingerprint density at radius 2 is 2.04 bits per heavy atom. The van der Waals surface area contributed by atoms with Crippen LogP contribution in [0.1, 0.15) is 45.1 Å². The molecule has 1 aliphatic rings. The van der Waals surface area contributed by atoms with Crippen LogP contribution in [0.25, 0.3) is 0 Å². The third kappa shape index (κ3) is 5.70. The number of methoxy groups -OCH3 is 1. The van der Waals surface area contributed by atoms with Crippen LogP contribution in [0.15, 0.2) is 24.3 Å². The van der Waals surface area contributed by atoms with Crippen molar-refractivity contribution in [3.05, 3.63) is 29.8 Å². The largest absolute Gasteiger partial charge is 0.385 e. The molecule has 0 spiro atoms. The average Bonchev–Trinajstić information content (AvgIpc) is 3.05. The number of carbonyl (C=O) groups is 2. The Kier molecular flexibility index (Phi) is 7.66. The molecule has 1 aliphatic heterocycles. The molecule has 1 aromatic rings. The van der Waals surface area contributed by atoms with Gasteiger partial charge in [-0.25, -0.2) is 4.79 Å². The van der Waals surface area contributed by atoms with Gasteiger partial charge in [-0.15, -0.1) is 0 Å². The van der Waals surface area contributed by atoms with Crippen LogP contribution in [0.4, 0.5) is 10.5 Å². The van der Waals surface area contributed by atoms with Crippen LogP contribution in [0.3, 0.4) is 0 Å². The smallest absolute Gasteiger partial charge is 0.319 e. The number of ether oxygens (including phenoxy) is 1. The van der Waals surface area contributed by atoms with E-state index in [-0.39, 0.29) is 17.9 Å². The van der Waals surface area contributed by atoms with Crippen LogP contribution in [0.2, 0.25) is 0 Å². The Hall–Kier alpha value is -2.08. The van der Waals surface area contributed by atoms with Gasteiger partial charge in [-0.05, 0) is 50.3 Å². The Bertz CT molecular complexity index is 645. The second-order valence-electron chi connectivity index (χ2n) is 7.49. The second kappa shape index (κ2) is 9.74. The summed E-state index contributed by atoms with van der Waals surface area (Å²) in [6.45, 7) is 7.83. The lowest BCUT2D eigenvalue weighted by molar-refractivity contribution is -0.135. The van der Waals surface area contributed by atoms with Crippen molar-refractivity contribution in [2.24, 2.45) is 5.92 Å².